The summed E-state index contributed by atoms with van der Waals surface area (Å²) >= 11 is 3.05. The van der Waals surface area contributed by atoms with Crippen LogP contribution in [0.4, 0.5) is 13.2 Å². The lowest BCUT2D eigenvalue weighted by atomic mass is 10.0. The minimum Gasteiger partial charge on any atom is -0.300 e. The van der Waals surface area contributed by atoms with Crippen LogP contribution < -0.4 is 0 Å². The first-order valence-corrected chi connectivity index (χ1v) is 3.49. The van der Waals surface area contributed by atoms with E-state index in [0.29, 0.717) is 0 Å². The maximum Gasteiger partial charge on any atom is 0.399 e. The summed E-state index contributed by atoms with van der Waals surface area (Å²) in [7, 11) is 0. The van der Waals surface area contributed by atoms with Crippen LogP contribution in [0.2, 0.25) is 0 Å². The second kappa shape index (κ2) is 5.49. The van der Waals surface area contributed by atoms with Gasteiger partial charge in [-0.1, -0.05) is 0 Å². The average Bonchev–Trinajstić information content (AvgIpc) is 1.79. The van der Waals surface area contributed by atoms with E-state index < -0.39 is 29.4 Å². The number of Topliss-reactive ketones (excluding diaryl/α,β-unsaturated/α-hetero) is 1. The molecule has 2 nitrogen and oxygen atoms in total. The fraction of sp³-hybridized carbons (Fsp3) is 0.667. The molecule has 1 unspecified atom stereocenters. The molecule has 7 heteroatoms. The summed E-state index contributed by atoms with van der Waals surface area (Å²) in [6.45, 7) is 0.995. The molecule has 0 aliphatic carbocycles. The van der Waals surface area contributed by atoms with Crippen LogP contribution in [0.1, 0.15) is 13.3 Å². The molecular formula is C6H8ClF3O2S. The Balaban J connectivity index is 0. The van der Waals surface area contributed by atoms with Gasteiger partial charge in [-0.25, -0.2) is 0 Å². The van der Waals surface area contributed by atoms with Gasteiger partial charge in [-0.15, -0.1) is 25.0 Å². The zero-order valence-corrected chi connectivity index (χ0v) is 8.30. The summed E-state index contributed by atoms with van der Waals surface area (Å²) < 4.78 is 35.7. The lowest BCUT2D eigenvalue weighted by Gasteiger charge is -2.14. The zero-order valence-electron chi connectivity index (χ0n) is 6.59. The second-order valence-corrected chi connectivity index (χ2v) is 2.78. The van der Waals surface area contributed by atoms with Crippen LogP contribution in [0.3, 0.4) is 0 Å². The largest absolute Gasteiger partial charge is 0.399 e. The Bertz CT molecular complexity index is 205. The molecule has 0 heterocycles. The van der Waals surface area contributed by atoms with Gasteiger partial charge in [0.25, 0.3) is 0 Å². The highest BCUT2D eigenvalue weighted by Gasteiger charge is 2.43. The number of halogens is 4. The quantitative estimate of drug-likeness (QED) is 0.761. The molecule has 1 atom stereocenters. The molecule has 0 aromatic heterocycles. The van der Waals surface area contributed by atoms with Gasteiger partial charge in [0.15, 0.2) is 5.12 Å². The van der Waals surface area contributed by atoms with E-state index in [2.05, 4.69) is 12.6 Å². The van der Waals surface area contributed by atoms with Crippen LogP contribution in [-0.2, 0) is 9.59 Å². The van der Waals surface area contributed by atoms with Crippen molar-refractivity contribution in [1.29, 1.82) is 0 Å². The number of hydrogen-bond acceptors (Lipinski definition) is 2. The third-order valence-corrected chi connectivity index (χ3v) is 1.50. The fourth-order valence-corrected chi connectivity index (χ4v) is 0.868. The Hall–Kier alpha value is -0.230. The van der Waals surface area contributed by atoms with E-state index in [-0.39, 0.29) is 12.4 Å². The van der Waals surface area contributed by atoms with Crippen molar-refractivity contribution in [2.75, 3.05) is 0 Å². The molecule has 0 N–H and O–H groups in total. The van der Waals surface area contributed by atoms with Gasteiger partial charge < -0.3 is 0 Å². The Morgan fingerprint density at radius 1 is 1.38 bits per heavy atom. The third kappa shape index (κ3) is 5.93. The van der Waals surface area contributed by atoms with Gasteiger partial charge in [0, 0.05) is 6.42 Å². The molecule has 0 amide bonds. The number of carbonyl (C=O) groups excluding carboxylic acids is 2. The molecule has 0 saturated carbocycles. The summed E-state index contributed by atoms with van der Waals surface area (Å²) in [6, 6.07) is 0. The first-order chi connectivity index (χ1) is 5.25. The summed E-state index contributed by atoms with van der Waals surface area (Å²) in [5, 5.41) is -1.32. The first kappa shape index (κ1) is 15.3. The minimum absolute atomic E-state index is 0. The summed E-state index contributed by atoms with van der Waals surface area (Å²) in [5.74, 6) is -2.95. The van der Waals surface area contributed by atoms with Gasteiger partial charge in [0.2, 0.25) is 0 Å². The lowest BCUT2D eigenvalue weighted by Crippen LogP contribution is -2.29. The van der Waals surface area contributed by atoms with Gasteiger partial charge in [-0.05, 0) is 6.92 Å². The summed E-state index contributed by atoms with van der Waals surface area (Å²) in [4.78, 5) is 20.6. The molecule has 0 aliphatic heterocycles. The van der Waals surface area contributed by atoms with Gasteiger partial charge in [-0.3, -0.25) is 9.59 Å². The molecule has 0 aliphatic rings. The van der Waals surface area contributed by atoms with Crippen LogP contribution in [0.15, 0.2) is 0 Å². The molecule has 0 spiro atoms. The Morgan fingerprint density at radius 2 is 1.77 bits per heavy atom. The highest BCUT2D eigenvalue weighted by molar-refractivity contribution is 7.96. The average molecular weight is 237 g/mol. The van der Waals surface area contributed by atoms with Gasteiger partial charge in [0.05, 0.1) is 0 Å². The van der Waals surface area contributed by atoms with E-state index in [9.17, 15) is 22.8 Å². The van der Waals surface area contributed by atoms with Crippen LogP contribution >= 0.6 is 25.0 Å². The summed E-state index contributed by atoms with van der Waals surface area (Å²) in [6.07, 6.45) is -5.50. The van der Waals surface area contributed by atoms with E-state index in [1.54, 1.807) is 0 Å². The maximum absolute atomic E-state index is 11.9. The van der Waals surface area contributed by atoms with Crippen molar-refractivity contribution in [3.8, 4) is 0 Å². The van der Waals surface area contributed by atoms with E-state index in [1.165, 1.54) is 0 Å². The Morgan fingerprint density at radius 3 is 1.85 bits per heavy atom. The summed E-state index contributed by atoms with van der Waals surface area (Å²) in [5.41, 5.74) is 0. The van der Waals surface area contributed by atoms with E-state index in [1.807, 2.05) is 0 Å². The minimum atomic E-state index is -4.68. The molecule has 78 valence electrons. The normalized spacial score (nSPS) is 13.0. The molecule has 0 radical (unpaired) electrons. The Kier molecular flexibility index (Phi) is 6.44. The van der Waals surface area contributed by atoms with Gasteiger partial charge >= 0.3 is 6.18 Å². The topological polar surface area (TPSA) is 34.1 Å². The highest BCUT2D eigenvalue weighted by Crippen LogP contribution is 2.30. The standard InChI is InChI=1S/C6H7F3O2S.ClH/c1-3(10)2-4(5(11)12)6(7,8)9;/h4H,2H2,1H3,(H,11,12);1H. The lowest BCUT2D eigenvalue weighted by molar-refractivity contribution is -0.179. The van der Waals surface area contributed by atoms with Crippen molar-refractivity contribution in [1.82, 2.24) is 0 Å². The zero-order chi connectivity index (χ0) is 9.94. The van der Waals surface area contributed by atoms with E-state index in [4.69, 9.17) is 0 Å². The molecule has 0 saturated heterocycles. The molecule has 0 aromatic carbocycles. The number of ketones is 1. The van der Waals surface area contributed by atoms with Crippen molar-refractivity contribution in [3.63, 3.8) is 0 Å². The van der Waals surface area contributed by atoms with Crippen molar-refractivity contribution >= 4 is 35.9 Å². The molecule has 0 aromatic rings. The van der Waals surface area contributed by atoms with Crippen LogP contribution in [0.25, 0.3) is 0 Å². The second-order valence-electron chi connectivity index (χ2n) is 2.34. The Labute approximate surface area is 84.7 Å². The van der Waals surface area contributed by atoms with E-state index >= 15 is 0 Å². The monoisotopic (exact) mass is 236 g/mol. The van der Waals surface area contributed by atoms with Crippen molar-refractivity contribution in [3.05, 3.63) is 0 Å². The maximum atomic E-state index is 11.9. The number of hydrogen-bond donors (Lipinski definition) is 1. The smallest absolute Gasteiger partial charge is 0.300 e. The predicted molar refractivity (Wildman–Crippen MR) is 46.1 cm³/mol. The number of thiol groups is 1. The molecule has 13 heavy (non-hydrogen) atoms. The van der Waals surface area contributed by atoms with Gasteiger partial charge in [-0.2, -0.15) is 13.2 Å². The van der Waals surface area contributed by atoms with Crippen LogP contribution in [0.5, 0.6) is 0 Å². The van der Waals surface area contributed by atoms with Crippen molar-refractivity contribution in [2.45, 2.75) is 19.5 Å². The predicted octanol–water partition coefficient (Wildman–Crippen LogP) is 2.02. The van der Waals surface area contributed by atoms with Crippen LogP contribution in [-0.4, -0.2) is 17.1 Å². The SMILES string of the molecule is CC(=O)CC(C(=O)S)C(F)(F)F.Cl. The molecule has 0 rings (SSSR count). The van der Waals surface area contributed by atoms with Crippen LogP contribution in [0, 0.1) is 5.92 Å². The third-order valence-electron chi connectivity index (χ3n) is 1.18. The van der Waals surface area contributed by atoms with Crippen molar-refractivity contribution < 1.29 is 22.8 Å². The molecular weight excluding hydrogens is 229 g/mol. The molecule has 0 fully saturated rings. The van der Waals surface area contributed by atoms with Crippen molar-refractivity contribution in [2.24, 2.45) is 5.92 Å². The first-order valence-electron chi connectivity index (χ1n) is 3.04. The highest BCUT2D eigenvalue weighted by atomic mass is 35.5. The number of alkyl halides is 3. The number of carbonyl (C=O) groups is 2. The van der Waals surface area contributed by atoms with E-state index in [0.717, 1.165) is 6.92 Å². The fourth-order valence-electron chi connectivity index (χ4n) is 0.631. The molecule has 0 bridgehead atoms. The van der Waals surface area contributed by atoms with Gasteiger partial charge in [0.1, 0.15) is 11.7 Å². The number of rotatable bonds is 3.